The van der Waals surface area contributed by atoms with E-state index in [-0.39, 0.29) is 100 Å². The maximum atomic E-state index is 15.4. The van der Waals surface area contributed by atoms with E-state index < -0.39 is 77.2 Å². The third kappa shape index (κ3) is 14.7. The molecule has 2 aromatic carbocycles. The van der Waals surface area contributed by atoms with E-state index in [2.05, 4.69) is 26.6 Å². The first-order chi connectivity index (χ1) is 33.4. The first kappa shape index (κ1) is 53.4. The monoisotopic (exact) mass is 976 g/mol. The van der Waals surface area contributed by atoms with Gasteiger partial charge in [0.25, 0.3) is 0 Å². The second-order valence-electron chi connectivity index (χ2n) is 17.3. The van der Waals surface area contributed by atoms with E-state index in [4.69, 9.17) is 10.5 Å². The number of imide groups is 1. The fraction of sp³-hybridized carbons (Fsp3) is 0.489. The van der Waals surface area contributed by atoms with Crippen molar-refractivity contribution < 1.29 is 57.4 Å². The number of aryl methyl sites for hydroxylation is 1. The minimum Gasteiger partial charge on any atom is -0.477 e. The van der Waals surface area contributed by atoms with Crippen LogP contribution >= 0.6 is 0 Å². The molecule has 2 unspecified atom stereocenters. The predicted octanol–water partition coefficient (Wildman–Crippen LogP) is 2.16. The summed E-state index contributed by atoms with van der Waals surface area (Å²) in [6, 6.07) is 6.02. The van der Waals surface area contributed by atoms with Gasteiger partial charge < -0.3 is 56.5 Å². The summed E-state index contributed by atoms with van der Waals surface area (Å²) in [5.74, 6) is -5.18. The topological polar surface area (TPSA) is 301 Å². The van der Waals surface area contributed by atoms with Crippen LogP contribution in [0.4, 0.5) is 25.4 Å². The maximum absolute atomic E-state index is 15.4. The maximum Gasteiger partial charge on any atom is 0.410 e. The summed E-state index contributed by atoms with van der Waals surface area (Å²) >= 11 is 0. The lowest BCUT2D eigenvalue weighted by Crippen LogP contribution is -2.55. The smallest absolute Gasteiger partial charge is 0.410 e. The molecule has 1 aromatic heterocycles. The highest BCUT2D eigenvalue weighted by Gasteiger charge is 2.31. The molecule has 3 heterocycles. The predicted molar refractivity (Wildman–Crippen MR) is 253 cm³/mol. The molecule has 23 heteroatoms. The number of hydrogen-bond donors (Lipinski definition) is 7. The first-order valence-corrected chi connectivity index (χ1v) is 23.3. The first-order valence-electron chi connectivity index (χ1n) is 23.3. The largest absolute Gasteiger partial charge is 0.477 e. The highest BCUT2D eigenvalue weighted by atomic mass is 19.1. The summed E-state index contributed by atoms with van der Waals surface area (Å²) in [6.07, 6.45) is 3.17. The number of piperazine rings is 1. The number of amides is 9. The lowest BCUT2D eigenvalue weighted by Gasteiger charge is -2.35. The molecule has 0 spiro atoms. The van der Waals surface area contributed by atoms with E-state index >= 15 is 4.39 Å². The molecule has 3 aromatic rings. The van der Waals surface area contributed by atoms with Gasteiger partial charge in [0.2, 0.25) is 40.9 Å². The van der Waals surface area contributed by atoms with Crippen LogP contribution in [-0.4, -0.2) is 131 Å². The van der Waals surface area contributed by atoms with Gasteiger partial charge >= 0.3 is 18.1 Å². The average Bonchev–Trinajstić information content (AvgIpc) is 3.65. The number of benzene rings is 2. The van der Waals surface area contributed by atoms with Crippen LogP contribution in [0, 0.1) is 11.7 Å². The number of likely N-dealkylation sites (tertiary alicyclic amines) is 1. The Hall–Kier alpha value is -7.59. The Kier molecular flexibility index (Phi) is 19.2. The molecular weight excluding hydrogens is 916 g/mol. The van der Waals surface area contributed by atoms with Gasteiger partial charge in [-0.05, 0) is 68.4 Å². The van der Waals surface area contributed by atoms with Crippen molar-refractivity contribution in [3.63, 3.8) is 0 Å². The molecule has 2 fully saturated rings. The molecule has 378 valence electrons. The van der Waals surface area contributed by atoms with Crippen LogP contribution in [-0.2, 0) is 46.7 Å². The number of anilines is 2. The Morgan fingerprint density at radius 2 is 1.53 bits per heavy atom. The molecule has 70 heavy (non-hydrogen) atoms. The molecule has 9 amide bonds. The second kappa shape index (κ2) is 25.1. The van der Waals surface area contributed by atoms with E-state index in [0.717, 1.165) is 6.07 Å². The zero-order chi connectivity index (χ0) is 51.1. The van der Waals surface area contributed by atoms with Gasteiger partial charge in [-0.3, -0.25) is 38.5 Å². The average molecular weight is 977 g/mol. The number of unbranched alkanes of at least 4 members (excludes halogenated alkanes) is 2. The number of halogens is 1. The standard InChI is InChI=1S/C47H61FN10O12/c1-4-55-26-32(45(66)67)42(63)31-23-33(48)36(24-35(31)55)56-19-21-57(22-20-56)47(69)70-27-29-11-13-30(14-12-29)52-43(64)34(9-8-17-50-46(49)68)53-44(65)41(28(2)3)54-38(60)25-51-37(59)10-6-5-7-18-58-39(61)15-16-40(58)62/h11-14,23-24,26,28,34,41H,4-10,15-22,25,27H2,1-3H3,(H,51,59)(H,52,64)(H,53,65)(H,54,60)(H,66,67)(H3,49,50,68). The number of nitrogens with two attached hydrogens (primary N) is 1. The Bertz CT molecular complexity index is 2490. The molecule has 2 atom stereocenters. The molecule has 8 N–H and O–H groups in total. The van der Waals surface area contributed by atoms with E-state index in [9.17, 15) is 53.1 Å². The van der Waals surface area contributed by atoms with Crippen LogP contribution in [0.3, 0.4) is 0 Å². The van der Waals surface area contributed by atoms with Gasteiger partial charge in [0, 0.05) is 82.3 Å². The number of nitrogens with zero attached hydrogens (tertiary/aromatic N) is 4. The van der Waals surface area contributed by atoms with Crippen LogP contribution < -0.4 is 42.6 Å². The fourth-order valence-corrected chi connectivity index (χ4v) is 8.01. The molecule has 2 aliphatic heterocycles. The normalized spacial score (nSPS) is 14.6. The zero-order valence-corrected chi connectivity index (χ0v) is 39.5. The molecule has 0 radical (unpaired) electrons. The number of primary amides is 1. The Morgan fingerprint density at radius 3 is 2.16 bits per heavy atom. The van der Waals surface area contributed by atoms with Crippen molar-refractivity contribution in [2.24, 2.45) is 11.7 Å². The number of rotatable bonds is 23. The summed E-state index contributed by atoms with van der Waals surface area (Å²) in [5.41, 5.74) is 5.50. The second-order valence-corrected chi connectivity index (χ2v) is 17.3. The van der Waals surface area contributed by atoms with Crippen LogP contribution in [0.25, 0.3) is 10.9 Å². The van der Waals surface area contributed by atoms with E-state index in [0.29, 0.717) is 49.1 Å². The molecule has 2 saturated heterocycles. The summed E-state index contributed by atoms with van der Waals surface area (Å²) in [5, 5.41) is 22.4. The molecule has 22 nitrogen and oxygen atoms in total. The number of carbonyl (C=O) groups is 9. The number of carboxylic acids is 1. The highest BCUT2D eigenvalue weighted by molar-refractivity contribution is 6.02. The van der Waals surface area contributed by atoms with Crippen molar-refractivity contribution in [2.45, 2.75) is 97.4 Å². The Balaban J connectivity index is 1.09. The quantitative estimate of drug-likeness (QED) is 0.0530. The lowest BCUT2D eigenvalue weighted by atomic mass is 10.0. The lowest BCUT2D eigenvalue weighted by molar-refractivity contribution is -0.138. The number of aromatic carboxylic acids is 1. The summed E-state index contributed by atoms with van der Waals surface area (Å²) in [6.45, 7) is 6.35. The fourth-order valence-electron chi connectivity index (χ4n) is 8.01. The molecule has 0 bridgehead atoms. The van der Waals surface area contributed by atoms with Crippen molar-refractivity contribution >= 4 is 75.8 Å². The number of pyridine rings is 1. The van der Waals surface area contributed by atoms with E-state index in [1.165, 1.54) is 22.1 Å². The molecule has 5 rings (SSSR count). The number of nitrogens with one attached hydrogen (secondary N) is 5. The Morgan fingerprint density at radius 1 is 0.843 bits per heavy atom. The SMILES string of the molecule is CCn1cc(C(=O)O)c(=O)c2cc(F)c(N3CCN(C(=O)OCc4ccc(NC(=O)C(CCCNC(N)=O)NC(=O)C(NC(=O)CNC(=O)CCCCCN5C(=O)CCC5=O)C(C)C)cc4)CC3)cc21. The minimum atomic E-state index is -1.40. The minimum absolute atomic E-state index is 0.0440. The molecular formula is C47H61FN10O12. The number of fused-ring (bicyclic) bond motifs is 1. The summed E-state index contributed by atoms with van der Waals surface area (Å²) < 4.78 is 22.5. The molecule has 2 aliphatic rings. The van der Waals surface area contributed by atoms with Gasteiger partial charge in [-0.25, -0.2) is 18.8 Å². The van der Waals surface area contributed by atoms with Crippen molar-refractivity contribution in [3.8, 4) is 0 Å². The number of ether oxygens (including phenoxy) is 1. The summed E-state index contributed by atoms with van der Waals surface area (Å²) in [7, 11) is 0. The number of aromatic nitrogens is 1. The van der Waals surface area contributed by atoms with Gasteiger partial charge in [0.1, 0.15) is 30.1 Å². The number of urea groups is 1. The number of carbonyl (C=O) groups excluding carboxylic acids is 8. The molecule has 0 saturated carbocycles. The van der Waals surface area contributed by atoms with Gasteiger partial charge in [0.15, 0.2) is 0 Å². The van der Waals surface area contributed by atoms with Gasteiger partial charge in [-0.15, -0.1) is 0 Å². The van der Waals surface area contributed by atoms with Crippen LogP contribution in [0.5, 0.6) is 0 Å². The molecule has 0 aliphatic carbocycles. The van der Waals surface area contributed by atoms with Crippen LogP contribution in [0.15, 0.2) is 47.4 Å². The van der Waals surface area contributed by atoms with Gasteiger partial charge in [-0.1, -0.05) is 32.4 Å². The van der Waals surface area contributed by atoms with E-state index in [1.807, 2.05) is 0 Å². The van der Waals surface area contributed by atoms with Crippen LogP contribution in [0.1, 0.15) is 88.1 Å². The van der Waals surface area contributed by atoms with Crippen molar-refractivity contribution in [1.29, 1.82) is 0 Å². The zero-order valence-electron chi connectivity index (χ0n) is 39.5. The number of carboxylic acid groups (broad SMARTS) is 1. The third-order valence-corrected chi connectivity index (χ3v) is 11.9. The van der Waals surface area contributed by atoms with Crippen molar-refractivity contribution in [2.75, 3.05) is 56.0 Å². The summed E-state index contributed by atoms with van der Waals surface area (Å²) in [4.78, 5) is 129. The third-order valence-electron chi connectivity index (χ3n) is 11.9. The Labute approximate surface area is 402 Å². The van der Waals surface area contributed by atoms with Gasteiger partial charge in [-0.2, -0.15) is 0 Å². The van der Waals surface area contributed by atoms with Crippen LogP contribution in [0.2, 0.25) is 0 Å². The van der Waals surface area contributed by atoms with Crippen molar-refractivity contribution in [3.05, 3.63) is 69.8 Å². The van der Waals surface area contributed by atoms with Gasteiger partial charge in [0.05, 0.1) is 17.7 Å². The number of hydrogen-bond acceptors (Lipinski definition) is 12. The highest BCUT2D eigenvalue weighted by Crippen LogP contribution is 2.27. The van der Waals surface area contributed by atoms with E-state index in [1.54, 1.807) is 54.5 Å². The van der Waals surface area contributed by atoms with Crippen molar-refractivity contribution in [1.82, 2.24) is 35.6 Å².